The van der Waals surface area contributed by atoms with E-state index >= 15 is 0 Å². The summed E-state index contributed by atoms with van der Waals surface area (Å²) >= 11 is 17.1. The summed E-state index contributed by atoms with van der Waals surface area (Å²) in [6, 6.07) is 5.16. The van der Waals surface area contributed by atoms with Gasteiger partial charge in [0.15, 0.2) is 5.11 Å². The number of unbranched alkanes of at least 4 members (excludes halogenated alkanes) is 9. The molecule has 0 atom stereocenters. The average Bonchev–Trinajstić information content (AvgIpc) is 2.62. The maximum Gasteiger partial charge on any atom is 0.200 e. The smallest absolute Gasteiger partial charge is 0.200 e. The van der Waals surface area contributed by atoms with Gasteiger partial charge in [0.25, 0.3) is 0 Å². The largest absolute Gasteiger partial charge is 0.369 e. The van der Waals surface area contributed by atoms with Crippen LogP contribution in [0.5, 0.6) is 0 Å². The zero-order valence-electron chi connectivity index (χ0n) is 16.2. The molecule has 152 valence electrons. The Kier molecular flexibility index (Phi) is 13.3. The van der Waals surface area contributed by atoms with Gasteiger partial charge in [0.2, 0.25) is 5.96 Å². The molecule has 0 amide bonds. The van der Waals surface area contributed by atoms with E-state index in [1.807, 2.05) is 0 Å². The number of thiocarbonyl (C=S) groups is 1. The maximum absolute atomic E-state index is 5.97. The fourth-order valence-corrected chi connectivity index (χ4v) is 3.20. The van der Waals surface area contributed by atoms with Crippen LogP contribution in [-0.4, -0.2) is 17.6 Å². The Morgan fingerprint density at radius 3 is 2.15 bits per heavy atom. The summed E-state index contributed by atoms with van der Waals surface area (Å²) in [7, 11) is 0. The summed E-state index contributed by atoms with van der Waals surface area (Å²) in [6.45, 7) is 3.07. The molecule has 0 fully saturated rings. The quantitative estimate of drug-likeness (QED) is 0.153. The molecule has 27 heavy (non-hydrogen) atoms. The van der Waals surface area contributed by atoms with Gasteiger partial charge < -0.3 is 16.4 Å². The van der Waals surface area contributed by atoms with Crippen LogP contribution in [0.2, 0.25) is 10.0 Å². The van der Waals surface area contributed by atoms with E-state index in [4.69, 9.17) is 41.2 Å². The summed E-state index contributed by atoms with van der Waals surface area (Å²) in [5, 5.41) is 7.39. The van der Waals surface area contributed by atoms with E-state index in [2.05, 4.69) is 22.5 Å². The van der Waals surface area contributed by atoms with E-state index in [1.54, 1.807) is 18.2 Å². The molecule has 7 heteroatoms. The minimum absolute atomic E-state index is 0.217. The number of aliphatic imine (C=N–C) groups is 1. The first-order valence-corrected chi connectivity index (χ1v) is 11.0. The van der Waals surface area contributed by atoms with Crippen molar-refractivity contribution in [2.24, 2.45) is 10.7 Å². The lowest BCUT2D eigenvalue weighted by Gasteiger charge is -2.08. The van der Waals surface area contributed by atoms with Crippen molar-refractivity contribution in [3.8, 4) is 0 Å². The number of benzene rings is 1. The second-order valence-corrected chi connectivity index (χ2v) is 7.87. The molecule has 0 aliphatic rings. The highest BCUT2D eigenvalue weighted by Crippen LogP contribution is 2.24. The predicted molar refractivity (Wildman–Crippen MR) is 124 cm³/mol. The van der Waals surface area contributed by atoms with Crippen molar-refractivity contribution in [1.82, 2.24) is 5.32 Å². The number of halogens is 2. The van der Waals surface area contributed by atoms with E-state index in [9.17, 15) is 0 Å². The Morgan fingerprint density at radius 2 is 1.56 bits per heavy atom. The first-order chi connectivity index (χ1) is 13.0. The zero-order valence-corrected chi connectivity index (χ0v) is 18.5. The first-order valence-electron chi connectivity index (χ1n) is 9.87. The fourth-order valence-electron chi connectivity index (χ4n) is 2.71. The van der Waals surface area contributed by atoms with Crippen LogP contribution in [0.1, 0.15) is 71.1 Å². The molecule has 0 heterocycles. The second-order valence-electron chi connectivity index (χ2n) is 6.66. The third-order valence-electron chi connectivity index (χ3n) is 4.22. The molecule has 0 aliphatic heterocycles. The molecular formula is C20H32Cl2N4S. The van der Waals surface area contributed by atoms with E-state index in [0.29, 0.717) is 20.8 Å². The Morgan fingerprint density at radius 1 is 0.963 bits per heavy atom. The van der Waals surface area contributed by atoms with Gasteiger partial charge in [-0.3, -0.25) is 0 Å². The van der Waals surface area contributed by atoms with Gasteiger partial charge in [-0.25, -0.2) is 0 Å². The fraction of sp³-hybridized carbons (Fsp3) is 0.600. The maximum atomic E-state index is 5.97. The minimum atomic E-state index is 0.217. The summed E-state index contributed by atoms with van der Waals surface area (Å²) in [6.07, 6.45) is 13.1. The number of hydrogen-bond acceptors (Lipinski definition) is 1. The Hall–Kier alpha value is -1.04. The van der Waals surface area contributed by atoms with Gasteiger partial charge in [-0.1, -0.05) is 87.9 Å². The number of nitrogens with zero attached hydrogens (tertiary/aromatic N) is 1. The topological polar surface area (TPSA) is 62.4 Å². The van der Waals surface area contributed by atoms with Gasteiger partial charge in [-0.05, 0) is 36.8 Å². The molecule has 0 radical (unpaired) electrons. The summed E-state index contributed by atoms with van der Waals surface area (Å²) in [5.74, 6) is 0.217. The number of anilines is 1. The monoisotopic (exact) mass is 430 g/mol. The Bertz CT molecular complexity index is 593. The normalized spacial score (nSPS) is 11.4. The molecule has 1 rings (SSSR count). The zero-order chi connectivity index (χ0) is 19.9. The summed E-state index contributed by atoms with van der Waals surface area (Å²) < 4.78 is 0. The SMILES string of the molecule is CCCCCCCCCCCCNC(=S)/N=C(\N)Nc1ccc(Cl)c(Cl)c1. The van der Waals surface area contributed by atoms with Crippen LogP contribution in [-0.2, 0) is 0 Å². The van der Waals surface area contributed by atoms with E-state index < -0.39 is 0 Å². The minimum Gasteiger partial charge on any atom is -0.369 e. The molecule has 0 unspecified atom stereocenters. The van der Waals surface area contributed by atoms with Crippen LogP contribution in [0.15, 0.2) is 23.2 Å². The molecule has 0 saturated carbocycles. The van der Waals surface area contributed by atoms with Gasteiger partial charge in [0.1, 0.15) is 0 Å². The third-order valence-corrected chi connectivity index (χ3v) is 5.20. The van der Waals surface area contributed by atoms with Crippen molar-refractivity contribution >= 4 is 52.2 Å². The first kappa shape index (κ1) is 24.0. The number of hydrogen-bond donors (Lipinski definition) is 3. The van der Waals surface area contributed by atoms with Gasteiger partial charge in [0.05, 0.1) is 10.0 Å². The molecule has 4 N–H and O–H groups in total. The molecular weight excluding hydrogens is 399 g/mol. The number of rotatable bonds is 12. The van der Waals surface area contributed by atoms with Gasteiger partial charge in [-0.2, -0.15) is 4.99 Å². The lowest BCUT2D eigenvalue weighted by molar-refractivity contribution is 0.555. The van der Waals surface area contributed by atoms with Crippen LogP contribution in [0.4, 0.5) is 5.69 Å². The van der Waals surface area contributed by atoms with Crippen LogP contribution in [0.25, 0.3) is 0 Å². The molecule has 0 aromatic heterocycles. The molecule has 1 aromatic rings. The van der Waals surface area contributed by atoms with E-state index in [0.717, 1.165) is 13.0 Å². The van der Waals surface area contributed by atoms with Crippen molar-refractivity contribution in [1.29, 1.82) is 0 Å². The predicted octanol–water partition coefficient (Wildman–Crippen LogP) is 6.52. The second kappa shape index (κ2) is 14.9. The molecule has 0 aliphatic carbocycles. The van der Waals surface area contributed by atoms with E-state index in [1.165, 1.54) is 57.8 Å². The molecule has 0 bridgehead atoms. The highest BCUT2D eigenvalue weighted by molar-refractivity contribution is 7.80. The third kappa shape index (κ3) is 12.1. The van der Waals surface area contributed by atoms with Crippen LogP contribution < -0.4 is 16.4 Å². The van der Waals surface area contributed by atoms with Crippen LogP contribution in [0.3, 0.4) is 0 Å². The summed E-state index contributed by atoms with van der Waals surface area (Å²) in [5.41, 5.74) is 6.57. The molecule has 0 saturated heterocycles. The highest BCUT2D eigenvalue weighted by atomic mass is 35.5. The summed E-state index contributed by atoms with van der Waals surface area (Å²) in [4.78, 5) is 4.13. The van der Waals surface area contributed by atoms with Crippen molar-refractivity contribution in [3.05, 3.63) is 28.2 Å². The Balaban J connectivity index is 2.09. The van der Waals surface area contributed by atoms with Crippen molar-refractivity contribution in [2.45, 2.75) is 71.1 Å². The highest BCUT2D eigenvalue weighted by Gasteiger charge is 2.02. The van der Waals surface area contributed by atoms with E-state index in [-0.39, 0.29) is 5.96 Å². The standard InChI is InChI=1S/C20H32Cl2N4S/c1-2-3-4-5-6-7-8-9-10-11-14-24-20(27)26-19(23)25-16-12-13-17(21)18(22)15-16/h12-13,15H,2-11,14H2,1H3,(H4,23,24,25,26,27). The number of nitrogens with one attached hydrogen (secondary N) is 2. The van der Waals surface area contributed by atoms with Crippen molar-refractivity contribution in [2.75, 3.05) is 11.9 Å². The van der Waals surface area contributed by atoms with Gasteiger partial charge in [-0.15, -0.1) is 0 Å². The van der Waals surface area contributed by atoms with Gasteiger partial charge in [0, 0.05) is 12.2 Å². The van der Waals surface area contributed by atoms with Crippen LogP contribution >= 0.6 is 35.4 Å². The lowest BCUT2D eigenvalue weighted by atomic mass is 10.1. The van der Waals surface area contributed by atoms with Crippen molar-refractivity contribution < 1.29 is 0 Å². The molecule has 4 nitrogen and oxygen atoms in total. The van der Waals surface area contributed by atoms with Crippen LogP contribution in [0, 0.1) is 0 Å². The average molecular weight is 431 g/mol. The van der Waals surface area contributed by atoms with Gasteiger partial charge >= 0.3 is 0 Å². The Labute approximate surface area is 179 Å². The molecule has 0 spiro atoms. The number of guanidine groups is 1. The number of nitrogens with two attached hydrogens (primary N) is 1. The lowest BCUT2D eigenvalue weighted by Crippen LogP contribution is -2.28. The molecule has 1 aromatic carbocycles. The van der Waals surface area contributed by atoms with Crippen molar-refractivity contribution in [3.63, 3.8) is 0 Å².